The van der Waals surface area contributed by atoms with Gasteiger partial charge in [0.25, 0.3) is 5.91 Å². The maximum Gasteiger partial charge on any atom is 0.292 e. The van der Waals surface area contributed by atoms with E-state index in [0.29, 0.717) is 12.1 Å². The number of nitrogens with zero attached hydrogens (tertiary/aromatic N) is 1. The number of rotatable bonds is 4. The number of hydrogen-bond acceptors (Lipinski definition) is 2. The van der Waals surface area contributed by atoms with Gasteiger partial charge in [-0.1, -0.05) is 18.2 Å². The molecule has 96 valence electrons. The molecule has 1 aliphatic rings. The van der Waals surface area contributed by atoms with E-state index in [1.807, 2.05) is 32.0 Å². The van der Waals surface area contributed by atoms with Gasteiger partial charge in [0, 0.05) is 0 Å². The van der Waals surface area contributed by atoms with E-state index in [1.165, 1.54) is 9.80 Å². The molecule has 1 N–H and O–H groups in total. The standard InChI is InChI=1S/C14H18N2O2/c1-3-15(4-2)12-10-13(17)16(14(12)18)11-8-6-5-7-9-11/h5-9,12H,3-4,10H2,1-2H3/p+1/t12-/m1/s1. The summed E-state index contributed by atoms with van der Waals surface area (Å²) >= 11 is 0. The van der Waals surface area contributed by atoms with Crippen molar-refractivity contribution in [2.75, 3.05) is 18.0 Å². The van der Waals surface area contributed by atoms with E-state index in [9.17, 15) is 9.59 Å². The van der Waals surface area contributed by atoms with Crippen molar-refractivity contribution >= 4 is 17.5 Å². The fraction of sp³-hybridized carbons (Fsp3) is 0.429. The highest BCUT2D eigenvalue weighted by Crippen LogP contribution is 2.21. The molecule has 1 aromatic rings. The zero-order valence-electron chi connectivity index (χ0n) is 10.8. The lowest BCUT2D eigenvalue weighted by molar-refractivity contribution is -0.911. The zero-order chi connectivity index (χ0) is 13.1. The molecule has 4 nitrogen and oxygen atoms in total. The van der Waals surface area contributed by atoms with Crippen LogP contribution >= 0.6 is 0 Å². The first-order valence-corrected chi connectivity index (χ1v) is 6.45. The number of carbonyl (C=O) groups excluding carboxylic acids is 2. The predicted molar refractivity (Wildman–Crippen MR) is 69.4 cm³/mol. The van der Waals surface area contributed by atoms with Crippen LogP contribution in [0.3, 0.4) is 0 Å². The Morgan fingerprint density at radius 3 is 2.33 bits per heavy atom. The zero-order valence-corrected chi connectivity index (χ0v) is 10.8. The van der Waals surface area contributed by atoms with Crippen molar-refractivity contribution in [3.05, 3.63) is 30.3 Å². The highest BCUT2D eigenvalue weighted by molar-refractivity contribution is 6.21. The number of imide groups is 1. The van der Waals surface area contributed by atoms with Crippen molar-refractivity contribution in [3.63, 3.8) is 0 Å². The summed E-state index contributed by atoms with van der Waals surface area (Å²) in [6.45, 7) is 5.81. The summed E-state index contributed by atoms with van der Waals surface area (Å²) in [5.41, 5.74) is 0.682. The average molecular weight is 247 g/mol. The first kappa shape index (κ1) is 12.8. The molecule has 0 unspecified atom stereocenters. The Morgan fingerprint density at radius 2 is 1.78 bits per heavy atom. The van der Waals surface area contributed by atoms with E-state index in [4.69, 9.17) is 0 Å². The van der Waals surface area contributed by atoms with E-state index in [-0.39, 0.29) is 17.9 Å². The van der Waals surface area contributed by atoms with Gasteiger partial charge in [-0.3, -0.25) is 9.59 Å². The Kier molecular flexibility index (Phi) is 3.77. The lowest BCUT2D eigenvalue weighted by Gasteiger charge is -2.21. The van der Waals surface area contributed by atoms with Gasteiger partial charge >= 0.3 is 0 Å². The lowest BCUT2D eigenvalue weighted by Crippen LogP contribution is -3.16. The number of likely N-dealkylation sites (N-methyl/N-ethyl adjacent to an activating group) is 1. The maximum atomic E-state index is 12.4. The van der Waals surface area contributed by atoms with Crippen LogP contribution < -0.4 is 9.80 Å². The Balaban J connectivity index is 2.25. The van der Waals surface area contributed by atoms with E-state index in [0.717, 1.165) is 13.1 Å². The molecule has 18 heavy (non-hydrogen) atoms. The second-order valence-corrected chi connectivity index (χ2v) is 4.53. The summed E-state index contributed by atoms with van der Waals surface area (Å²) in [5.74, 6) is -0.152. The minimum Gasteiger partial charge on any atom is -0.325 e. The molecule has 0 aliphatic carbocycles. The summed E-state index contributed by atoms with van der Waals surface area (Å²) in [4.78, 5) is 26.9. The number of quaternary nitrogens is 1. The molecular formula is C14H19N2O2+. The topological polar surface area (TPSA) is 41.8 Å². The fourth-order valence-corrected chi connectivity index (χ4v) is 2.54. The molecule has 1 saturated heterocycles. The molecule has 2 amide bonds. The molecule has 0 spiro atoms. The van der Waals surface area contributed by atoms with Gasteiger partial charge in [-0.15, -0.1) is 0 Å². The Labute approximate surface area is 107 Å². The summed E-state index contributed by atoms with van der Waals surface area (Å²) in [5, 5.41) is 0. The molecule has 0 radical (unpaired) electrons. The third-order valence-electron chi connectivity index (χ3n) is 3.56. The second kappa shape index (κ2) is 5.31. The number of nitrogens with one attached hydrogen (secondary N) is 1. The van der Waals surface area contributed by atoms with Crippen LogP contribution in [0, 0.1) is 0 Å². The summed E-state index contributed by atoms with van der Waals surface area (Å²) in [6, 6.07) is 8.95. The van der Waals surface area contributed by atoms with Gasteiger partial charge in [0.05, 0.1) is 25.2 Å². The summed E-state index contributed by atoms with van der Waals surface area (Å²) in [6.07, 6.45) is 0.324. The van der Waals surface area contributed by atoms with Crippen molar-refractivity contribution in [2.45, 2.75) is 26.3 Å². The first-order valence-electron chi connectivity index (χ1n) is 6.45. The minimum absolute atomic E-state index is 0.0649. The Bertz CT molecular complexity index is 440. The van der Waals surface area contributed by atoms with Gasteiger partial charge < -0.3 is 4.90 Å². The van der Waals surface area contributed by atoms with Crippen LogP contribution in [-0.2, 0) is 9.59 Å². The second-order valence-electron chi connectivity index (χ2n) is 4.53. The SMILES string of the molecule is CC[NH+](CC)[C@@H]1CC(=O)N(c2ccccc2)C1=O. The van der Waals surface area contributed by atoms with Crippen molar-refractivity contribution in [3.8, 4) is 0 Å². The third-order valence-corrected chi connectivity index (χ3v) is 3.56. The van der Waals surface area contributed by atoms with Gasteiger partial charge in [0.1, 0.15) is 0 Å². The normalized spacial score (nSPS) is 19.9. The van der Waals surface area contributed by atoms with Crippen molar-refractivity contribution in [1.82, 2.24) is 0 Å². The maximum absolute atomic E-state index is 12.4. The minimum atomic E-state index is -0.215. The summed E-state index contributed by atoms with van der Waals surface area (Å²) < 4.78 is 0. The monoisotopic (exact) mass is 247 g/mol. The molecule has 1 aliphatic heterocycles. The molecular weight excluding hydrogens is 228 g/mol. The summed E-state index contributed by atoms with van der Waals surface area (Å²) in [7, 11) is 0. The van der Waals surface area contributed by atoms with E-state index in [1.54, 1.807) is 12.1 Å². The third kappa shape index (κ3) is 2.16. The van der Waals surface area contributed by atoms with Gasteiger partial charge in [-0.25, -0.2) is 4.90 Å². The quantitative estimate of drug-likeness (QED) is 0.775. The Morgan fingerprint density at radius 1 is 1.17 bits per heavy atom. The average Bonchev–Trinajstić information content (AvgIpc) is 2.68. The molecule has 0 saturated carbocycles. The molecule has 0 bridgehead atoms. The molecule has 1 heterocycles. The smallest absolute Gasteiger partial charge is 0.292 e. The molecule has 1 aromatic carbocycles. The van der Waals surface area contributed by atoms with Gasteiger partial charge in [-0.2, -0.15) is 0 Å². The number of anilines is 1. The molecule has 0 aromatic heterocycles. The van der Waals surface area contributed by atoms with E-state index < -0.39 is 0 Å². The van der Waals surface area contributed by atoms with Crippen molar-refractivity contribution in [1.29, 1.82) is 0 Å². The largest absolute Gasteiger partial charge is 0.325 e. The fourth-order valence-electron chi connectivity index (χ4n) is 2.54. The number of amides is 2. The van der Waals surface area contributed by atoms with Crippen LogP contribution in [0.15, 0.2) is 30.3 Å². The number of hydrogen-bond donors (Lipinski definition) is 1. The van der Waals surface area contributed by atoms with Crippen LogP contribution in [0.5, 0.6) is 0 Å². The van der Waals surface area contributed by atoms with Crippen LogP contribution in [0.25, 0.3) is 0 Å². The van der Waals surface area contributed by atoms with Crippen molar-refractivity contribution < 1.29 is 14.5 Å². The van der Waals surface area contributed by atoms with Crippen LogP contribution in [0.1, 0.15) is 20.3 Å². The van der Waals surface area contributed by atoms with E-state index in [2.05, 4.69) is 0 Å². The van der Waals surface area contributed by atoms with Gasteiger partial charge in [0.2, 0.25) is 5.91 Å². The van der Waals surface area contributed by atoms with Gasteiger partial charge in [0.15, 0.2) is 6.04 Å². The molecule has 1 atom stereocenters. The molecule has 2 rings (SSSR count). The van der Waals surface area contributed by atoms with Crippen LogP contribution in [0.4, 0.5) is 5.69 Å². The lowest BCUT2D eigenvalue weighted by atomic mass is 10.2. The van der Waals surface area contributed by atoms with Crippen LogP contribution in [-0.4, -0.2) is 30.9 Å². The number of carbonyl (C=O) groups is 2. The van der Waals surface area contributed by atoms with Crippen LogP contribution in [0.2, 0.25) is 0 Å². The number of para-hydroxylation sites is 1. The molecule has 4 heteroatoms. The highest BCUT2D eigenvalue weighted by atomic mass is 16.2. The van der Waals surface area contributed by atoms with Gasteiger partial charge in [-0.05, 0) is 26.0 Å². The predicted octanol–water partition coefficient (Wildman–Crippen LogP) is 0.243. The first-order chi connectivity index (χ1) is 8.69. The Hall–Kier alpha value is -1.68. The number of benzene rings is 1. The highest BCUT2D eigenvalue weighted by Gasteiger charge is 2.44. The van der Waals surface area contributed by atoms with E-state index >= 15 is 0 Å². The van der Waals surface area contributed by atoms with Crippen molar-refractivity contribution in [2.24, 2.45) is 0 Å². The molecule has 1 fully saturated rings.